The maximum Gasteiger partial charge on any atom is 0.289 e. The summed E-state index contributed by atoms with van der Waals surface area (Å²) >= 11 is 0. The van der Waals surface area contributed by atoms with Gasteiger partial charge in [0.1, 0.15) is 11.4 Å². The maximum absolute atomic E-state index is 12.7. The van der Waals surface area contributed by atoms with Crippen molar-refractivity contribution in [3.63, 3.8) is 0 Å². The van der Waals surface area contributed by atoms with Crippen LogP contribution in [0.15, 0.2) is 53.2 Å². The van der Waals surface area contributed by atoms with Gasteiger partial charge in [0, 0.05) is 57.8 Å². The van der Waals surface area contributed by atoms with Gasteiger partial charge in [0.25, 0.3) is 5.91 Å². The van der Waals surface area contributed by atoms with Crippen LogP contribution >= 0.6 is 0 Å². The van der Waals surface area contributed by atoms with Crippen molar-refractivity contribution < 1.29 is 14.0 Å². The van der Waals surface area contributed by atoms with Crippen LogP contribution in [0.3, 0.4) is 0 Å². The molecule has 7 nitrogen and oxygen atoms in total. The van der Waals surface area contributed by atoms with Crippen LogP contribution in [-0.4, -0.2) is 58.8 Å². The van der Waals surface area contributed by atoms with Gasteiger partial charge < -0.3 is 14.2 Å². The Labute approximate surface area is 175 Å². The quantitative estimate of drug-likeness (QED) is 0.653. The third-order valence-corrected chi connectivity index (χ3v) is 5.19. The lowest BCUT2D eigenvalue weighted by Gasteiger charge is -2.27. The summed E-state index contributed by atoms with van der Waals surface area (Å²) in [7, 11) is 3.40. The second-order valence-electron chi connectivity index (χ2n) is 7.56. The van der Waals surface area contributed by atoms with Crippen LogP contribution < -0.4 is 0 Å². The predicted octanol–water partition coefficient (Wildman–Crippen LogP) is 3.17. The first-order valence-corrected chi connectivity index (χ1v) is 9.99. The van der Waals surface area contributed by atoms with Crippen LogP contribution in [0, 0.1) is 0 Å². The van der Waals surface area contributed by atoms with E-state index in [0.717, 1.165) is 22.9 Å². The molecule has 3 heterocycles. The highest BCUT2D eigenvalue weighted by Crippen LogP contribution is 2.27. The van der Waals surface area contributed by atoms with Crippen molar-refractivity contribution in [1.29, 1.82) is 0 Å². The fourth-order valence-corrected chi connectivity index (χ4v) is 3.57. The number of carbonyl (C=O) groups is 2. The smallest absolute Gasteiger partial charge is 0.289 e. The van der Waals surface area contributed by atoms with Crippen LogP contribution in [0.25, 0.3) is 16.5 Å². The third-order valence-electron chi connectivity index (χ3n) is 5.19. The molecule has 7 heteroatoms. The van der Waals surface area contributed by atoms with E-state index in [1.165, 1.54) is 4.90 Å². The molecule has 1 aromatic carbocycles. The van der Waals surface area contributed by atoms with Gasteiger partial charge in [-0.05, 0) is 41.8 Å². The molecule has 2 amide bonds. The van der Waals surface area contributed by atoms with Gasteiger partial charge in [0.15, 0.2) is 5.76 Å². The van der Waals surface area contributed by atoms with Crippen LogP contribution in [-0.2, 0) is 11.2 Å². The van der Waals surface area contributed by atoms with Crippen molar-refractivity contribution in [3.05, 3.63) is 65.9 Å². The highest BCUT2D eigenvalue weighted by atomic mass is 16.3. The molecule has 30 heavy (non-hydrogen) atoms. The monoisotopic (exact) mass is 404 g/mol. The third kappa shape index (κ3) is 4.25. The molecule has 0 aliphatic carbocycles. The Morgan fingerprint density at radius 1 is 1.17 bits per heavy atom. The normalized spacial score (nSPS) is 13.9. The topological polar surface area (TPSA) is 79.5 Å². The van der Waals surface area contributed by atoms with Crippen LogP contribution in [0.5, 0.6) is 0 Å². The van der Waals surface area contributed by atoms with E-state index in [1.54, 1.807) is 38.6 Å². The molecular weight excluding hydrogens is 380 g/mol. The van der Waals surface area contributed by atoms with Gasteiger partial charge in [0.2, 0.25) is 5.91 Å². The van der Waals surface area contributed by atoms with Crippen LogP contribution in [0.1, 0.15) is 34.8 Å². The molecule has 0 saturated carbocycles. The summed E-state index contributed by atoms with van der Waals surface area (Å²) in [5.41, 5.74) is 2.82. The molecular formula is C23H24N4O3. The summed E-state index contributed by atoms with van der Waals surface area (Å²) in [5, 5.41) is 0.878. The van der Waals surface area contributed by atoms with Gasteiger partial charge in [-0.3, -0.25) is 9.59 Å². The summed E-state index contributed by atoms with van der Waals surface area (Å²) < 4.78 is 5.68. The summed E-state index contributed by atoms with van der Waals surface area (Å²) in [6, 6.07) is 9.41. The lowest BCUT2D eigenvalue weighted by Crippen LogP contribution is -2.35. The van der Waals surface area contributed by atoms with E-state index < -0.39 is 0 Å². The molecule has 0 bridgehead atoms. The number of aromatic nitrogens is 2. The fourth-order valence-electron chi connectivity index (χ4n) is 3.57. The van der Waals surface area contributed by atoms with Crippen molar-refractivity contribution >= 4 is 28.4 Å². The highest BCUT2D eigenvalue weighted by Gasteiger charge is 2.20. The minimum atomic E-state index is -0.163. The van der Waals surface area contributed by atoms with E-state index in [4.69, 9.17) is 4.42 Å². The number of aryl methyl sites for hydroxylation is 1. The lowest BCUT2D eigenvalue weighted by molar-refractivity contribution is -0.130. The fraction of sp³-hybridized carbons (Fsp3) is 0.304. The zero-order valence-electron chi connectivity index (χ0n) is 17.2. The second kappa shape index (κ2) is 8.49. The number of nitrogens with zero attached hydrogens (tertiary/aromatic N) is 4. The number of fused-ring (bicyclic) bond motifs is 1. The van der Waals surface area contributed by atoms with Crippen molar-refractivity contribution in [3.8, 4) is 0 Å². The zero-order chi connectivity index (χ0) is 21.1. The van der Waals surface area contributed by atoms with E-state index in [-0.39, 0.29) is 11.8 Å². The van der Waals surface area contributed by atoms with Gasteiger partial charge in [-0.15, -0.1) is 0 Å². The summed E-state index contributed by atoms with van der Waals surface area (Å²) in [5.74, 6) is 0.955. The van der Waals surface area contributed by atoms with Gasteiger partial charge in [-0.25, -0.2) is 9.97 Å². The molecule has 1 aliphatic heterocycles. The average Bonchev–Trinajstić information content (AvgIpc) is 3.21. The molecule has 0 unspecified atom stereocenters. The van der Waals surface area contributed by atoms with Gasteiger partial charge in [-0.2, -0.15) is 0 Å². The van der Waals surface area contributed by atoms with Crippen molar-refractivity contribution in [2.24, 2.45) is 0 Å². The first-order chi connectivity index (χ1) is 14.5. The van der Waals surface area contributed by atoms with E-state index in [1.807, 2.05) is 23.1 Å². The molecule has 0 spiro atoms. The van der Waals surface area contributed by atoms with Crippen LogP contribution in [0.2, 0.25) is 0 Å². The standard InChI is InChI=1S/C23H24N4O3/c1-26(2)23(29)20-14-18-13-16(6-7-19(18)30-20)17-5-3-12-27(15-17)22(28)9-8-21-24-10-4-11-25-21/h4-7,10-11,13-14H,3,8-9,12,15H2,1-2H3. The van der Waals surface area contributed by atoms with E-state index in [0.29, 0.717) is 43.1 Å². The van der Waals surface area contributed by atoms with Crippen LogP contribution in [0.4, 0.5) is 0 Å². The molecule has 0 N–H and O–H groups in total. The molecule has 0 atom stereocenters. The molecule has 3 aromatic rings. The van der Waals surface area contributed by atoms with E-state index in [2.05, 4.69) is 16.0 Å². The number of furan rings is 1. The van der Waals surface area contributed by atoms with Gasteiger partial charge >= 0.3 is 0 Å². The highest BCUT2D eigenvalue weighted by molar-refractivity contribution is 5.96. The molecule has 2 aromatic heterocycles. The number of carbonyl (C=O) groups excluding carboxylic acids is 2. The number of rotatable bonds is 5. The van der Waals surface area contributed by atoms with Crippen molar-refractivity contribution in [2.45, 2.75) is 19.3 Å². The Hall–Kier alpha value is -3.48. The molecule has 0 saturated heterocycles. The molecule has 154 valence electrons. The second-order valence-corrected chi connectivity index (χ2v) is 7.56. The molecule has 1 aliphatic rings. The largest absolute Gasteiger partial charge is 0.451 e. The van der Waals surface area contributed by atoms with E-state index in [9.17, 15) is 9.59 Å². The van der Waals surface area contributed by atoms with Gasteiger partial charge in [-0.1, -0.05) is 12.1 Å². The summed E-state index contributed by atoms with van der Waals surface area (Å²) in [6.45, 7) is 1.29. The first kappa shape index (κ1) is 19.8. The number of benzene rings is 1. The summed E-state index contributed by atoms with van der Waals surface area (Å²) in [6.07, 6.45) is 7.32. The average molecular weight is 404 g/mol. The minimum Gasteiger partial charge on any atom is -0.451 e. The lowest BCUT2D eigenvalue weighted by atomic mass is 9.99. The molecule has 0 fully saturated rings. The Morgan fingerprint density at radius 3 is 2.73 bits per heavy atom. The predicted molar refractivity (Wildman–Crippen MR) is 114 cm³/mol. The Bertz CT molecular complexity index is 1100. The Morgan fingerprint density at radius 2 is 1.97 bits per heavy atom. The number of hydrogen-bond donors (Lipinski definition) is 0. The minimum absolute atomic E-state index is 0.108. The number of amides is 2. The van der Waals surface area contributed by atoms with Gasteiger partial charge in [0.05, 0.1) is 0 Å². The zero-order valence-corrected chi connectivity index (χ0v) is 17.2. The van der Waals surface area contributed by atoms with Crippen molar-refractivity contribution in [1.82, 2.24) is 19.8 Å². The molecule has 0 radical (unpaired) electrons. The van der Waals surface area contributed by atoms with Crippen molar-refractivity contribution in [2.75, 3.05) is 27.2 Å². The Balaban J connectivity index is 1.46. The SMILES string of the molecule is CN(C)C(=O)c1cc2cc(C3=CCCN(C(=O)CCc4ncccn4)C3)ccc2o1. The first-order valence-electron chi connectivity index (χ1n) is 9.99. The Kier molecular flexibility index (Phi) is 5.61. The van der Waals surface area contributed by atoms with E-state index >= 15 is 0 Å². The molecule has 4 rings (SSSR count). The number of hydrogen-bond acceptors (Lipinski definition) is 5. The summed E-state index contributed by atoms with van der Waals surface area (Å²) in [4.78, 5) is 36.6. The maximum atomic E-state index is 12.7.